The molecule has 0 atom stereocenters. The molecule has 2 N–H and O–H groups in total. The van der Waals surface area contributed by atoms with Gasteiger partial charge in [0, 0.05) is 29.4 Å². The molecule has 122 valence electrons. The second kappa shape index (κ2) is 8.02. The van der Waals surface area contributed by atoms with Crippen LogP contribution in [0, 0.1) is 6.92 Å². The lowest BCUT2D eigenvalue weighted by atomic mass is 10.0. The van der Waals surface area contributed by atoms with Crippen molar-refractivity contribution < 1.29 is 4.79 Å². The Bertz CT molecular complexity index is 666. The molecule has 0 aliphatic heterocycles. The topological polar surface area (TPSA) is 41.1 Å². The van der Waals surface area contributed by atoms with Crippen LogP contribution in [0.15, 0.2) is 42.5 Å². The third kappa shape index (κ3) is 5.00. The maximum Gasteiger partial charge on any atom is 0.226 e. The monoisotopic (exact) mass is 330 g/mol. The summed E-state index contributed by atoms with van der Waals surface area (Å²) >= 11 is 6.05. The highest BCUT2D eigenvalue weighted by Gasteiger charge is 2.06. The van der Waals surface area contributed by atoms with Crippen LogP contribution >= 0.6 is 11.6 Å². The Balaban J connectivity index is 1.81. The first kappa shape index (κ1) is 17.4. The second-order valence-corrected chi connectivity index (χ2v) is 6.32. The van der Waals surface area contributed by atoms with Crippen LogP contribution in [0.2, 0.25) is 5.02 Å². The van der Waals surface area contributed by atoms with Gasteiger partial charge >= 0.3 is 0 Å². The summed E-state index contributed by atoms with van der Waals surface area (Å²) in [5, 5.41) is 6.82. The maximum absolute atomic E-state index is 12.0. The predicted octanol–water partition coefficient (Wildman–Crippen LogP) is 5.21. The van der Waals surface area contributed by atoms with Gasteiger partial charge < -0.3 is 10.6 Å². The second-order valence-electron chi connectivity index (χ2n) is 5.91. The first-order valence-corrected chi connectivity index (χ1v) is 8.24. The number of nitrogens with one attached hydrogen (secondary N) is 2. The van der Waals surface area contributed by atoms with Crippen molar-refractivity contribution >= 4 is 28.9 Å². The molecule has 3 nitrogen and oxygen atoms in total. The molecule has 2 aromatic rings. The average molecular weight is 331 g/mol. The lowest BCUT2D eigenvalue weighted by molar-refractivity contribution is -0.115. The zero-order valence-corrected chi connectivity index (χ0v) is 14.6. The van der Waals surface area contributed by atoms with Crippen molar-refractivity contribution in [3.8, 4) is 0 Å². The Kier molecular flexibility index (Phi) is 6.05. The summed E-state index contributed by atoms with van der Waals surface area (Å²) in [5.74, 6) is 0.498. The van der Waals surface area contributed by atoms with Crippen molar-refractivity contribution in [2.45, 2.75) is 33.1 Å². The van der Waals surface area contributed by atoms with Gasteiger partial charge in [-0.1, -0.05) is 43.6 Å². The van der Waals surface area contributed by atoms with Crippen LogP contribution in [-0.2, 0) is 4.79 Å². The zero-order valence-electron chi connectivity index (χ0n) is 13.8. The van der Waals surface area contributed by atoms with E-state index in [1.54, 1.807) is 0 Å². The quantitative estimate of drug-likeness (QED) is 0.763. The number of hydrogen-bond acceptors (Lipinski definition) is 2. The molecule has 2 rings (SSSR count). The molecule has 0 aliphatic carbocycles. The molecule has 0 heterocycles. The fourth-order valence-electron chi connectivity index (χ4n) is 2.26. The largest absolute Gasteiger partial charge is 0.385 e. The summed E-state index contributed by atoms with van der Waals surface area (Å²) in [5.41, 5.74) is 3.99. The van der Waals surface area contributed by atoms with Crippen LogP contribution < -0.4 is 10.6 Å². The molecule has 23 heavy (non-hydrogen) atoms. The highest BCUT2D eigenvalue weighted by molar-refractivity contribution is 6.31. The van der Waals surface area contributed by atoms with Crippen LogP contribution in [0.4, 0.5) is 11.4 Å². The van der Waals surface area contributed by atoms with E-state index in [2.05, 4.69) is 36.6 Å². The van der Waals surface area contributed by atoms with Crippen LogP contribution in [-0.4, -0.2) is 12.5 Å². The fraction of sp³-hybridized carbons (Fsp3) is 0.316. The third-order valence-corrected chi connectivity index (χ3v) is 4.21. The summed E-state index contributed by atoms with van der Waals surface area (Å²) in [4.78, 5) is 12.0. The molecule has 0 radical (unpaired) electrons. The molecule has 0 aliphatic rings. The van der Waals surface area contributed by atoms with E-state index >= 15 is 0 Å². The maximum atomic E-state index is 12.0. The lowest BCUT2D eigenvalue weighted by Gasteiger charge is -2.11. The van der Waals surface area contributed by atoms with Gasteiger partial charge in [0.2, 0.25) is 5.91 Å². The summed E-state index contributed by atoms with van der Waals surface area (Å²) < 4.78 is 0. The van der Waals surface area contributed by atoms with Gasteiger partial charge in [0.25, 0.3) is 0 Å². The van der Waals surface area contributed by atoms with Gasteiger partial charge in [-0.25, -0.2) is 0 Å². The van der Waals surface area contributed by atoms with Crippen molar-refractivity contribution in [3.63, 3.8) is 0 Å². The molecular formula is C19H23ClN2O. The predicted molar refractivity (Wildman–Crippen MR) is 98.5 cm³/mol. The number of benzene rings is 2. The Morgan fingerprint density at radius 1 is 1.13 bits per heavy atom. The van der Waals surface area contributed by atoms with E-state index in [1.165, 1.54) is 5.56 Å². The van der Waals surface area contributed by atoms with Crippen molar-refractivity contribution in [1.82, 2.24) is 0 Å². The Hall–Kier alpha value is -2.00. The lowest BCUT2D eigenvalue weighted by Crippen LogP contribution is -2.16. The van der Waals surface area contributed by atoms with Crippen molar-refractivity contribution in [1.29, 1.82) is 0 Å². The van der Waals surface area contributed by atoms with E-state index in [9.17, 15) is 4.79 Å². The van der Waals surface area contributed by atoms with Gasteiger partial charge in [0.15, 0.2) is 0 Å². The highest BCUT2D eigenvalue weighted by Crippen LogP contribution is 2.23. The Morgan fingerprint density at radius 2 is 1.83 bits per heavy atom. The zero-order chi connectivity index (χ0) is 16.8. The Morgan fingerprint density at radius 3 is 2.48 bits per heavy atom. The molecule has 0 unspecified atom stereocenters. The number of halogens is 1. The number of rotatable bonds is 6. The number of anilines is 2. The van der Waals surface area contributed by atoms with Gasteiger partial charge in [-0.3, -0.25) is 4.79 Å². The number of carbonyl (C=O) groups is 1. The van der Waals surface area contributed by atoms with Gasteiger partial charge in [0.05, 0.1) is 0 Å². The molecule has 0 saturated carbocycles. The van der Waals surface area contributed by atoms with Crippen LogP contribution in [0.25, 0.3) is 0 Å². The van der Waals surface area contributed by atoms with Gasteiger partial charge in [0.1, 0.15) is 0 Å². The first-order valence-electron chi connectivity index (χ1n) is 7.86. The molecule has 4 heteroatoms. The van der Waals surface area contributed by atoms with E-state index < -0.39 is 0 Å². The minimum atomic E-state index is -0.0262. The molecule has 0 aromatic heterocycles. The van der Waals surface area contributed by atoms with Crippen molar-refractivity contribution in [2.24, 2.45) is 0 Å². The summed E-state index contributed by atoms with van der Waals surface area (Å²) in [6, 6.07) is 13.8. The summed E-state index contributed by atoms with van der Waals surface area (Å²) in [7, 11) is 0. The Labute approximate surface area is 143 Å². The highest BCUT2D eigenvalue weighted by atomic mass is 35.5. The van der Waals surface area contributed by atoms with E-state index in [-0.39, 0.29) is 5.91 Å². The molecular weight excluding hydrogens is 308 g/mol. The smallest absolute Gasteiger partial charge is 0.226 e. The van der Waals surface area contributed by atoms with E-state index in [4.69, 9.17) is 11.6 Å². The van der Waals surface area contributed by atoms with Crippen molar-refractivity contribution in [2.75, 3.05) is 17.2 Å². The molecule has 1 amide bonds. The number of carbonyl (C=O) groups excluding carboxylic acids is 1. The summed E-state index contributed by atoms with van der Waals surface area (Å²) in [6.45, 7) is 6.83. The SMILES string of the molecule is Cc1c(Cl)cccc1NC(=O)CCNc1ccc(C(C)C)cc1. The average Bonchev–Trinajstić information content (AvgIpc) is 2.52. The molecule has 0 bridgehead atoms. The van der Waals surface area contributed by atoms with Crippen LogP contribution in [0.3, 0.4) is 0 Å². The number of amides is 1. The van der Waals surface area contributed by atoms with Gasteiger partial charge in [-0.15, -0.1) is 0 Å². The van der Waals surface area contributed by atoms with E-state index in [1.807, 2.05) is 37.3 Å². The van der Waals surface area contributed by atoms with E-state index in [0.717, 1.165) is 16.9 Å². The normalized spacial score (nSPS) is 10.7. The van der Waals surface area contributed by atoms with E-state index in [0.29, 0.717) is 23.9 Å². The standard InChI is InChI=1S/C19H23ClN2O/c1-13(2)15-7-9-16(10-8-15)21-12-11-19(23)22-18-6-4-5-17(20)14(18)3/h4-10,13,21H,11-12H2,1-3H3,(H,22,23). The van der Waals surface area contributed by atoms with Gasteiger partial charge in [-0.05, 0) is 48.2 Å². The van der Waals surface area contributed by atoms with Gasteiger partial charge in [-0.2, -0.15) is 0 Å². The molecule has 0 saturated heterocycles. The summed E-state index contributed by atoms with van der Waals surface area (Å²) in [6.07, 6.45) is 0.401. The minimum absolute atomic E-state index is 0.0262. The fourth-order valence-corrected chi connectivity index (χ4v) is 2.44. The molecule has 2 aromatic carbocycles. The van der Waals surface area contributed by atoms with Crippen molar-refractivity contribution in [3.05, 3.63) is 58.6 Å². The first-order chi connectivity index (χ1) is 11.0. The number of hydrogen-bond donors (Lipinski definition) is 2. The molecule has 0 spiro atoms. The molecule has 0 fully saturated rings. The third-order valence-electron chi connectivity index (χ3n) is 3.80. The van der Waals surface area contributed by atoms with Crippen LogP contribution in [0.1, 0.15) is 37.3 Å². The van der Waals surface area contributed by atoms with Crippen LogP contribution in [0.5, 0.6) is 0 Å². The minimum Gasteiger partial charge on any atom is -0.385 e.